The van der Waals surface area contributed by atoms with Crippen molar-refractivity contribution in [2.45, 2.75) is 6.92 Å². The summed E-state index contributed by atoms with van der Waals surface area (Å²) in [6.07, 6.45) is 1.81. The number of hydrogen-bond donors (Lipinski definition) is 3. The Morgan fingerprint density at radius 3 is 1.29 bits per heavy atom. The van der Waals surface area contributed by atoms with Crippen molar-refractivity contribution in [3.63, 3.8) is 0 Å². The number of amides is 3. The first-order chi connectivity index (χ1) is 6.27. The molecule has 0 bridgehead atoms. The molecule has 0 rings (SSSR count). The van der Waals surface area contributed by atoms with Gasteiger partial charge in [-0.1, -0.05) is 6.58 Å². The van der Waals surface area contributed by atoms with E-state index in [1.165, 1.54) is 0 Å². The largest absolute Gasteiger partial charge is 0.366 e. The highest BCUT2D eigenvalue weighted by atomic mass is 16.2. The molecule has 0 aliphatic heterocycles. The van der Waals surface area contributed by atoms with Gasteiger partial charge < -0.3 is 17.2 Å². The van der Waals surface area contributed by atoms with Crippen LogP contribution in [0.1, 0.15) is 6.92 Å². The summed E-state index contributed by atoms with van der Waals surface area (Å²) in [6.45, 7) is 4.85. The van der Waals surface area contributed by atoms with Gasteiger partial charge in [0, 0.05) is 17.7 Å². The van der Waals surface area contributed by atoms with Crippen LogP contribution in [0, 0.1) is 0 Å². The van der Waals surface area contributed by atoms with Crippen LogP contribution in [-0.2, 0) is 14.4 Å². The van der Waals surface area contributed by atoms with E-state index in [2.05, 4.69) is 18.0 Å². The van der Waals surface area contributed by atoms with Crippen molar-refractivity contribution >= 4 is 17.7 Å². The van der Waals surface area contributed by atoms with Crippen molar-refractivity contribution in [2.24, 2.45) is 17.2 Å². The topological polar surface area (TPSA) is 129 Å². The van der Waals surface area contributed by atoms with E-state index in [4.69, 9.17) is 5.73 Å². The highest BCUT2D eigenvalue weighted by Crippen LogP contribution is 1.78. The molecular weight excluding hydrogens is 186 g/mol. The summed E-state index contributed by atoms with van der Waals surface area (Å²) in [5.41, 5.74) is 14.3. The van der Waals surface area contributed by atoms with E-state index >= 15 is 0 Å². The Morgan fingerprint density at radius 1 is 1.00 bits per heavy atom. The first-order valence-corrected chi connectivity index (χ1v) is 3.49. The maximum absolute atomic E-state index is 9.83. The minimum atomic E-state index is -0.677. The average Bonchev–Trinajstić information content (AvgIpc) is 2.01. The maximum Gasteiger partial charge on any atom is 0.243 e. The van der Waals surface area contributed by atoms with Gasteiger partial charge in [0.25, 0.3) is 0 Å². The van der Waals surface area contributed by atoms with Crippen molar-refractivity contribution in [1.29, 1.82) is 0 Å². The summed E-state index contributed by atoms with van der Waals surface area (Å²) < 4.78 is 0. The van der Waals surface area contributed by atoms with Crippen LogP contribution in [0.5, 0.6) is 0 Å². The Bertz CT molecular complexity index is 254. The second kappa shape index (κ2) is 7.53. The van der Waals surface area contributed by atoms with Gasteiger partial charge in [-0.05, 0) is 6.92 Å². The Balaban J connectivity index is 0. The molecule has 0 saturated heterocycles. The molecule has 6 N–H and O–H groups in total. The molecule has 0 atom stereocenters. The summed E-state index contributed by atoms with van der Waals surface area (Å²) in [7, 11) is 0. The van der Waals surface area contributed by atoms with Crippen LogP contribution in [0.3, 0.4) is 0 Å². The summed E-state index contributed by atoms with van der Waals surface area (Å²) in [5.74, 6) is -1.79. The Labute approximate surface area is 81.4 Å². The quantitative estimate of drug-likeness (QED) is 0.481. The molecule has 0 aliphatic rings. The predicted molar refractivity (Wildman–Crippen MR) is 51.5 cm³/mol. The molecule has 78 valence electrons. The molecule has 0 aromatic rings. The van der Waals surface area contributed by atoms with Crippen molar-refractivity contribution in [3.8, 4) is 0 Å². The van der Waals surface area contributed by atoms with Gasteiger partial charge in [-0.25, -0.2) is 0 Å². The van der Waals surface area contributed by atoms with E-state index in [0.717, 1.165) is 12.2 Å². The molecule has 6 heteroatoms. The molecule has 0 aromatic carbocycles. The van der Waals surface area contributed by atoms with E-state index in [9.17, 15) is 14.4 Å². The van der Waals surface area contributed by atoms with Gasteiger partial charge in [-0.2, -0.15) is 0 Å². The maximum atomic E-state index is 9.83. The first kappa shape index (κ1) is 14.4. The smallest absolute Gasteiger partial charge is 0.243 e. The molecule has 3 amide bonds. The fourth-order valence-electron chi connectivity index (χ4n) is 0.164. The van der Waals surface area contributed by atoms with E-state index in [1.807, 2.05) is 0 Å². The van der Waals surface area contributed by atoms with Crippen molar-refractivity contribution in [2.75, 3.05) is 0 Å². The van der Waals surface area contributed by atoms with E-state index in [1.54, 1.807) is 6.92 Å². The molecule has 0 heterocycles. The minimum absolute atomic E-state index is 0.398. The average molecular weight is 199 g/mol. The standard InChI is InChI=1S/C4H6N2O2.C4H7NO/c5-3(7)1-2-4(6)8;1-3(2)4(5)6/h1-2H,(H2,5,7)(H2,6,8);1H2,2H3,(H2,5,6)/b2-1-;. The van der Waals surface area contributed by atoms with E-state index in [0.29, 0.717) is 5.57 Å². The van der Waals surface area contributed by atoms with Gasteiger partial charge in [0.15, 0.2) is 0 Å². The summed E-state index contributed by atoms with van der Waals surface area (Å²) in [5, 5.41) is 0. The number of hydrogen-bond acceptors (Lipinski definition) is 3. The molecule has 0 saturated carbocycles. The van der Waals surface area contributed by atoms with Crippen LogP contribution in [-0.4, -0.2) is 17.7 Å². The van der Waals surface area contributed by atoms with E-state index < -0.39 is 17.7 Å². The van der Waals surface area contributed by atoms with Gasteiger partial charge in [0.05, 0.1) is 0 Å². The Hall–Kier alpha value is -2.11. The third-order valence-electron chi connectivity index (χ3n) is 0.832. The fourth-order valence-corrected chi connectivity index (χ4v) is 0.164. The molecule has 6 nitrogen and oxygen atoms in total. The first-order valence-electron chi connectivity index (χ1n) is 3.49. The summed E-state index contributed by atoms with van der Waals surface area (Å²) in [6, 6.07) is 0. The van der Waals surface area contributed by atoms with Gasteiger partial charge in [0.2, 0.25) is 17.7 Å². The summed E-state index contributed by atoms with van der Waals surface area (Å²) >= 11 is 0. The zero-order valence-electron chi connectivity index (χ0n) is 7.82. The molecule has 0 fully saturated rings. The zero-order chi connectivity index (χ0) is 11.7. The third kappa shape index (κ3) is 16.5. The van der Waals surface area contributed by atoms with Crippen molar-refractivity contribution < 1.29 is 14.4 Å². The Morgan fingerprint density at radius 2 is 1.21 bits per heavy atom. The van der Waals surface area contributed by atoms with Crippen LogP contribution in [0.2, 0.25) is 0 Å². The molecule has 0 aromatic heterocycles. The number of primary amides is 3. The number of rotatable bonds is 3. The van der Waals surface area contributed by atoms with Crippen molar-refractivity contribution in [3.05, 3.63) is 24.3 Å². The second-order valence-electron chi connectivity index (χ2n) is 2.28. The number of nitrogens with two attached hydrogens (primary N) is 3. The minimum Gasteiger partial charge on any atom is -0.366 e. The van der Waals surface area contributed by atoms with E-state index in [-0.39, 0.29) is 0 Å². The lowest BCUT2D eigenvalue weighted by molar-refractivity contribution is -0.115. The van der Waals surface area contributed by atoms with Gasteiger partial charge in [-0.3, -0.25) is 14.4 Å². The molecule has 0 aliphatic carbocycles. The van der Waals surface area contributed by atoms with Crippen LogP contribution in [0.4, 0.5) is 0 Å². The molecular formula is C8H13N3O3. The van der Waals surface area contributed by atoms with Gasteiger partial charge in [0.1, 0.15) is 0 Å². The van der Waals surface area contributed by atoms with Crippen LogP contribution < -0.4 is 17.2 Å². The Kier molecular flexibility index (Phi) is 7.76. The van der Waals surface area contributed by atoms with Crippen LogP contribution in [0.25, 0.3) is 0 Å². The fraction of sp³-hybridized carbons (Fsp3) is 0.125. The third-order valence-corrected chi connectivity index (χ3v) is 0.832. The molecule has 0 radical (unpaired) electrons. The lowest BCUT2D eigenvalue weighted by Gasteiger charge is -1.81. The lowest BCUT2D eigenvalue weighted by Crippen LogP contribution is -2.10. The van der Waals surface area contributed by atoms with Gasteiger partial charge >= 0.3 is 0 Å². The van der Waals surface area contributed by atoms with Crippen LogP contribution in [0.15, 0.2) is 24.3 Å². The van der Waals surface area contributed by atoms with Gasteiger partial charge in [-0.15, -0.1) is 0 Å². The highest BCUT2D eigenvalue weighted by molar-refractivity contribution is 5.95. The number of carbonyl (C=O) groups is 3. The normalized spacial score (nSPS) is 8.64. The SMILES string of the molecule is C=C(C)C(N)=O.NC(=O)/C=C\C(N)=O. The molecule has 0 spiro atoms. The second-order valence-corrected chi connectivity index (χ2v) is 2.28. The molecule has 14 heavy (non-hydrogen) atoms. The van der Waals surface area contributed by atoms with Crippen molar-refractivity contribution in [1.82, 2.24) is 0 Å². The highest BCUT2D eigenvalue weighted by Gasteiger charge is 1.86. The zero-order valence-corrected chi connectivity index (χ0v) is 7.82. The monoisotopic (exact) mass is 199 g/mol. The summed E-state index contributed by atoms with van der Waals surface area (Å²) in [4.78, 5) is 29.5. The molecule has 0 unspecified atom stereocenters. The number of carbonyl (C=O) groups excluding carboxylic acids is 3. The predicted octanol–water partition coefficient (Wildman–Crippen LogP) is -1.44. The van der Waals surface area contributed by atoms with Crippen LogP contribution >= 0.6 is 0 Å². The lowest BCUT2D eigenvalue weighted by atomic mass is 10.3.